The predicted molar refractivity (Wildman–Crippen MR) is 42.0 cm³/mol. The van der Waals surface area contributed by atoms with Crippen LogP contribution in [0.5, 0.6) is 0 Å². The molecule has 1 aromatic carbocycles. The number of halogens is 1. The molecule has 0 radical (unpaired) electrons. The van der Waals surface area contributed by atoms with E-state index in [-0.39, 0.29) is 18.1 Å². The molecule has 1 heterocycles. The number of hydrogen-bond acceptors (Lipinski definition) is 1. The fourth-order valence-electron chi connectivity index (χ4n) is 1.38. The average Bonchev–Trinajstić information content (AvgIpc) is 2.07. The zero-order chi connectivity index (χ0) is 8.55. The van der Waals surface area contributed by atoms with Gasteiger partial charge in [0.2, 0.25) is 5.91 Å². The summed E-state index contributed by atoms with van der Waals surface area (Å²) in [6.07, 6.45) is 0.169. The van der Waals surface area contributed by atoms with Crippen LogP contribution in [0, 0.1) is 5.82 Å². The molecule has 12 heavy (non-hydrogen) atoms. The van der Waals surface area contributed by atoms with E-state index in [9.17, 15) is 9.18 Å². The Balaban J connectivity index is 2.50. The highest BCUT2D eigenvalue weighted by atomic mass is 19.1. The van der Waals surface area contributed by atoms with Gasteiger partial charge in [0.1, 0.15) is 5.82 Å². The van der Waals surface area contributed by atoms with E-state index >= 15 is 0 Å². The topological polar surface area (TPSA) is 29.1 Å². The van der Waals surface area contributed by atoms with Gasteiger partial charge in [-0.15, -0.1) is 0 Å². The summed E-state index contributed by atoms with van der Waals surface area (Å²) in [4.78, 5) is 10.9. The van der Waals surface area contributed by atoms with Crippen LogP contribution in [-0.2, 0) is 17.8 Å². The van der Waals surface area contributed by atoms with Gasteiger partial charge in [0, 0.05) is 12.1 Å². The van der Waals surface area contributed by atoms with Crippen LogP contribution in [0.1, 0.15) is 11.1 Å². The lowest BCUT2D eigenvalue weighted by molar-refractivity contribution is -0.121. The summed E-state index contributed by atoms with van der Waals surface area (Å²) in [7, 11) is 0. The van der Waals surface area contributed by atoms with Gasteiger partial charge in [-0.05, 0) is 11.6 Å². The smallest absolute Gasteiger partial charge is 0.224 e. The van der Waals surface area contributed by atoms with Crippen LogP contribution >= 0.6 is 0 Å². The molecule has 1 aliphatic rings. The van der Waals surface area contributed by atoms with E-state index in [2.05, 4.69) is 5.32 Å². The monoisotopic (exact) mass is 165 g/mol. The first-order chi connectivity index (χ1) is 5.77. The van der Waals surface area contributed by atoms with Crippen molar-refractivity contribution in [2.24, 2.45) is 0 Å². The fraction of sp³-hybridized carbons (Fsp3) is 0.222. The Hall–Kier alpha value is -1.38. The molecular formula is C9H8FNO. The third kappa shape index (κ3) is 1.07. The highest BCUT2D eigenvalue weighted by Crippen LogP contribution is 2.17. The molecule has 1 aliphatic heterocycles. The van der Waals surface area contributed by atoms with Gasteiger partial charge in [-0.3, -0.25) is 4.79 Å². The van der Waals surface area contributed by atoms with Crippen LogP contribution in [0.25, 0.3) is 0 Å². The molecule has 0 aromatic heterocycles. The van der Waals surface area contributed by atoms with Gasteiger partial charge in [0.15, 0.2) is 0 Å². The molecule has 1 N–H and O–H groups in total. The average molecular weight is 165 g/mol. The third-order valence-corrected chi connectivity index (χ3v) is 2.03. The van der Waals surface area contributed by atoms with Crippen LogP contribution in [-0.4, -0.2) is 5.91 Å². The molecule has 0 fully saturated rings. The van der Waals surface area contributed by atoms with E-state index in [4.69, 9.17) is 0 Å². The van der Waals surface area contributed by atoms with Gasteiger partial charge in [-0.25, -0.2) is 4.39 Å². The maximum atomic E-state index is 13.1. The molecule has 0 atom stereocenters. The first-order valence-corrected chi connectivity index (χ1v) is 3.80. The Labute approximate surface area is 69.4 Å². The molecule has 1 aromatic rings. The quantitative estimate of drug-likeness (QED) is 0.610. The van der Waals surface area contributed by atoms with Gasteiger partial charge in [0.05, 0.1) is 6.42 Å². The number of fused-ring (bicyclic) bond motifs is 1. The number of nitrogens with one attached hydrogen (secondary N) is 1. The van der Waals surface area contributed by atoms with Gasteiger partial charge in [-0.2, -0.15) is 0 Å². The molecule has 1 amide bonds. The zero-order valence-corrected chi connectivity index (χ0v) is 6.43. The molecule has 0 bridgehead atoms. The van der Waals surface area contributed by atoms with Crippen LogP contribution in [0.4, 0.5) is 4.39 Å². The molecule has 62 valence electrons. The maximum absolute atomic E-state index is 13.1. The Kier molecular flexibility index (Phi) is 1.57. The predicted octanol–water partition coefficient (Wildman–Crippen LogP) is 0.998. The van der Waals surface area contributed by atoms with E-state index in [1.54, 1.807) is 6.07 Å². The Morgan fingerprint density at radius 3 is 3.08 bits per heavy atom. The first-order valence-electron chi connectivity index (χ1n) is 3.80. The van der Waals surface area contributed by atoms with Crippen molar-refractivity contribution in [1.29, 1.82) is 0 Å². The lowest BCUT2D eigenvalue weighted by atomic mass is 10.0. The molecule has 0 unspecified atom stereocenters. The van der Waals surface area contributed by atoms with Crippen molar-refractivity contribution in [3.05, 3.63) is 35.1 Å². The van der Waals surface area contributed by atoms with E-state index in [0.717, 1.165) is 5.56 Å². The van der Waals surface area contributed by atoms with Crippen molar-refractivity contribution >= 4 is 5.91 Å². The fourth-order valence-corrected chi connectivity index (χ4v) is 1.38. The Morgan fingerprint density at radius 1 is 1.42 bits per heavy atom. The van der Waals surface area contributed by atoms with Gasteiger partial charge >= 0.3 is 0 Å². The van der Waals surface area contributed by atoms with E-state index in [1.807, 2.05) is 6.07 Å². The minimum Gasteiger partial charge on any atom is -0.352 e. The van der Waals surface area contributed by atoms with Gasteiger partial charge in [-0.1, -0.05) is 12.1 Å². The van der Waals surface area contributed by atoms with Crippen molar-refractivity contribution in [2.75, 3.05) is 0 Å². The lowest BCUT2D eigenvalue weighted by Crippen LogP contribution is -2.30. The summed E-state index contributed by atoms with van der Waals surface area (Å²) in [5.41, 5.74) is 1.43. The number of rotatable bonds is 0. The second-order valence-corrected chi connectivity index (χ2v) is 2.83. The van der Waals surface area contributed by atoms with Gasteiger partial charge in [0.25, 0.3) is 0 Å². The molecule has 0 aliphatic carbocycles. The minimum atomic E-state index is -0.276. The summed E-state index contributed by atoms with van der Waals surface area (Å²) in [5.74, 6) is -0.380. The van der Waals surface area contributed by atoms with Crippen molar-refractivity contribution in [3.8, 4) is 0 Å². The second-order valence-electron chi connectivity index (χ2n) is 2.83. The van der Waals surface area contributed by atoms with Crippen molar-refractivity contribution < 1.29 is 9.18 Å². The molecule has 3 heteroatoms. The van der Waals surface area contributed by atoms with Crippen molar-refractivity contribution in [2.45, 2.75) is 13.0 Å². The second kappa shape index (κ2) is 2.59. The van der Waals surface area contributed by atoms with E-state index < -0.39 is 0 Å². The normalized spacial score (nSPS) is 15.2. The number of carbonyl (C=O) groups excluding carboxylic acids is 1. The van der Waals surface area contributed by atoms with E-state index in [0.29, 0.717) is 12.1 Å². The van der Waals surface area contributed by atoms with Crippen molar-refractivity contribution in [1.82, 2.24) is 5.32 Å². The number of carbonyl (C=O) groups is 1. The summed E-state index contributed by atoms with van der Waals surface area (Å²) < 4.78 is 13.1. The van der Waals surface area contributed by atoms with Crippen LogP contribution < -0.4 is 5.32 Å². The molecule has 0 saturated carbocycles. The number of amides is 1. The summed E-state index contributed by atoms with van der Waals surface area (Å²) in [6.45, 7) is 0.450. The van der Waals surface area contributed by atoms with Crippen LogP contribution in [0.2, 0.25) is 0 Å². The first kappa shape index (κ1) is 7.28. The third-order valence-electron chi connectivity index (χ3n) is 2.03. The number of hydrogen-bond donors (Lipinski definition) is 1. The summed E-state index contributed by atoms with van der Waals surface area (Å²) in [6, 6.07) is 4.88. The van der Waals surface area contributed by atoms with Crippen LogP contribution in [0.15, 0.2) is 18.2 Å². The lowest BCUT2D eigenvalue weighted by Gasteiger charge is -2.16. The largest absolute Gasteiger partial charge is 0.352 e. The zero-order valence-electron chi connectivity index (χ0n) is 6.43. The minimum absolute atomic E-state index is 0.104. The molecule has 2 rings (SSSR count). The van der Waals surface area contributed by atoms with E-state index in [1.165, 1.54) is 6.07 Å². The van der Waals surface area contributed by atoms with Crippen LogP contribution in [0.3, 0.4) is 0 Å². The maximum Gasteiger partial charge on any atom is 0.224 e. The Bertz CT molecular complexity index is 335. The molecular weight excluding hydrogens is 157 g/mol. The SMILES string of the molecule is O=C1Cc2c(F)cccc2CN1. The standard InChI is InChI=1S/C9H8FNO/c10-8-3-1-2-6-5-11-9(12)4-7(6)8/h1-3H,4-5H2,(H,11,12). The highest BCUT2D eigenvalue weighted by Gasteiger charge is 2.17. The van der Waals surface area contributed by atoms with Gasteiger partial charge < -0.3 is 5.32 Å². The molecule has 0 saturated heterocycles. The Morgan fingerprint density at radius 2 is 2.25 bits per heavy atom. The number of benzene rings is 1. The van der Waals surface area contributed by atoms with Crippen molar-refractivity contribution in [3.63, 3.8) is 0 Å². The molecule has 0 spiro atoms. The summed E-state index contributed by atoms with van der Waals surface area (Å²) in [5, 5.41) is 2.66. The molecule has 2 nitrogen and oxygen atoms in total. The highest BCUT2D eigenvalue weighted by molar-refractivity contribution is 5.80. The summed E-state index contributed by atoms with van der Waals surface area (Å²) >= 11 is 0.